The van der Waals surface area contributed by atoms with Crippen LogP contribution < -0.4 is 11.1 Å². The second-order valence-electron chi connectivity index (χ2n) is 5.89. The van der Waals surface area contributed by atoms with E-state index >= 15 is 0 Å². The Labute approximate surface area is 136 Å². The van der Waals surface area contributed by atoms with Crippen molar-refractivity contribution in [2.45, 2.75) is 38.5 Å². The average molecular weight is 319 g/mol. The predicted octanol–water partition coefficient (Wildman–Crippen LogP) is 0.128. The van der Waals surface area contributed by atoms with E-state index in [0.717, 1.165) is 30.8 Å². The molecule has 0 radical (unpaired) electrons. The molecule has 1 aromatic heterocycles. The molecule has 3 N–H and O–H groups in total. The molecule has 1 aromatic rings. The summed E-state index contributed by atoms with van der Waals surface area (Å²) in [6.45, 7) is 3.33. The lowest BCUT2D eigenvalue weighted by Crippen LogP contribution is -2.42. The van der Waals surface area contributed by atoms with Gasteiger partial charge in [0.1, 0.15) is 5.82 Å². The third-order valence-electron chi connectivity index (χ3n) is 4.16. The van der Waals surface area contributed by atoms with Crippen molar-refractivity contribution in [3.05, 3.63) is 23.3 Å². The van der Waals surface area contributed by atoms with E-state index in [2.05, 4.69) is 15.3 Å². The quantitative estimate of drug-likeness (QED) is 0.803. The molecule has 7 nitrogen and oxygen atoms in total. The molecule has 2 heterocycles. The molecule has 1 aliphatic rings. The summed E-state index contributed by atoms with van der Waals surface area (Å²) in [7, 11) is 1.63. The molecule has 0 aromatic carbocycles. The molecule has 0 saturated carbocycles. The van der Waals surface area contributed by atoms with Crippen LogP contribution in [0.4, 0.5) is 0 Å². The average Bonchev–Trinajstić information content (AvgIpc) is 2.58. The number of hydrogen-bond donors (Lipinski definition) is 2. The van der Waals surface area contributed by atoms with Gasteiger partial charge in [-0.1, -0.05) is 0 Å². The van der Waals surface area contributed by atoms with Gasteiger partial charge in [0.2, 0.25) is 11.8 Å². The van der Waals surface area contributed by atoms with E-state index in [1.165, 1.54) is 0 Å². The lowest BCUT2D eigenvalue weighted by Gasteiger charge is -2.32. The van der Waals surface area contributed by atoms with Crippen LogP contribution in [0, 0.1) is 6.92 Å². The van der Waals surface area contributed by atoms with E-state index in [9.17, 15) is 9.59 Å². The van der Waals surface area contributed by atoms with Gasteiger partial charge in [0, 0.05) is 43.9 Å². The molecule has 0 aliphatic carbocycles. The van der Waals surface area contributed by atoms with Crippen LogP contribution >= 0.6 is 0 Å². The van der Waals surface area contributed by atoms with Crippen LogP contribution in [-0.2, 0) is 16.0 Å². The number of piperidine rings is 1. The zero-order chi connectivity index (χ0) is 16.8. The van der Waals surface area contributed by atoms with Gasteiger partial charge < -0.3 is 16.0 Å². The Morgan fingerprint density at radius 3 is 2.91 bits per heavy atom. The van der Waals surface area contributed by atoms with Crippen LogP contribution in [-0.4, -0.2) is 53.4 Å². The minimum atomic E-state index is -0.0136. The summed E-state index contributed by atoms with van der Waals surface area (Å²) in [6.07, 6.45) is 2.95. The van der Waals surface area contributed by atoms with Crippen molar-refractivity contribution in [2.75, 3.05) is 26.7 Å². The highest BCUT2D eigenvalue weighted by atomic mass is 16.2. The predicted molar refractivity (Wildman–Crippen MR) is 86.8 cm³/mol. The number of carbonyl (C=O) groups is 2. The lowest BCUT2D eigenvalue weighted by molar-refractivity contribution is -0.130. The smallest absolute Gasteiger partial charge is 0.236 e. The summed E-state index contributed by atoms with van der Waals surface area (Å²) in [4.78, 5) is 34.0. The molecule has 1 saturated heterocycles. The number of amides is 2. The molecule has 1 fully saturated rings. The number of nitrogens with one attached hydrogen (secondary N) is 1. The Morgan fingerprint density at radius 2 is 2.22 bits per heavy atom. The Kier molecular flexibility index (Phi) is 6.04. The van der Waals surface area contributed by atoms with Crippen molar-refractivity contribution >= 4 is 11.8 Å². The van der Waals surface area contributed by atoms with Crippen molar-refractivity contribution < 1.29 is 9.59 Å². The highest BCUT2D eigenvalue weighted by Gasteiger charge is 2.25. The van der Waals surface area contributed by atoms with Crippen LogP contribution in [0.5, 0.6) is 0 Å². The fourth-order valence-corrected chi connectivity index (χ4v) is 2.93. The maximum absolute atomic E-state index is 11.8. The fraction of sp³-hybridized carbons (Fsp3) is 0.625. The van der Waals surface area contributed by atoms with Crippen LogP contribution in [0.3, 0.4) is 0 Å². The van der Waals surface area contributed by atoms with Crippen molar-refractivity contribution in [1.82, 2.24) is 20.2 Å². The molecule has 0 bridgehead atoms. The van der Waals surface area contributed by atoms with Crippen molar-refractivity contribution in [2.24, 2.45) is 5.73 Å². The highest BCUT2D eigenvalue weighted by molar-refractivity contribution is 5.78. The lowest BCUT2D eigenvalue weighted by atomic mass is 9.93. The van der Waals surface area contributed by atoms with Gasteiger partial charge >= 0.3 is 0 Å². The molecule has 1 atom stereocenters. The van der Waals surface area contributed by atoms with E-state index in [1.807, 2.05) is 17.9 Å². The Bertz CT molecular complexity index is 576. The largest absolute Gasteiger partial charge is 0.359 e. The van der Waals surface area contributed by atoms with E-state index in [0.29, 0.717) is 25.2 Å². The van der Waals surface area contributed by atoms with Gasteiger partial charge in [0.25, 0.3) is 0 Å². The second-order valence-corrected chi connectivity index (χ2v) is 5.89. The molecular formula is C16H25N5O2. The van der Waals surface area contributed by atoms with Crippen LogP contribution in [0.25, 0.3) is 0 Å². The van der Waals surface area contributed by atoms with Crippen molar-refractivity contribution in [3.63, 3.8) is 0 Å². The summed E-state index contributed by atoms with van der Waals surface area (Å²) in [5.74, 6) is 0.900. The first-order valence-electron chi connectivity index (χ1n) is 8.06. The first-order valence-corrected chi connectivity index (χ1v) is 8.06. The molecule has 23 heavy (non-hydrogen) atoms. The number of rotatable bonds is 5. The summed E-state index contributed by atoms with van der Waals surface area (Å²) in [6, 6.07) is 1.97. The molecule has 126 valence electrons. The zero-order valence-corrected chi connectivity index (χ0v) is 13.8. The number of carbonyl (C=O) groups excluding carboxylic acids is 2. The van der Waals surface area contributed by atoms with E-state index < -0.39 is 0 Å². The second kappa shape index (κ2) is 8.01. The van der Waals surface area contributed by atoms with Gasteiger partial charge in [-0.25, -0.2) is 9.97 Å². The fourth-order valence-electron chi connectivity index (χ4n) is 2.93. The Hall–Kier alpha value is -2.02. The first kappa shape index (κ1) is 17.3. The molecule has 1 aliphatic heterocycles. The normalized spacial score (nSPS) is 17.9. The Balaban J connectivity index is 2.10. The van der Waals surface area contributed by atoms with Gasteiger partial charge in [0.15, 0.2) is 0 Å². The third kappa shape index (κ3) is 4.72. The summed E-state index contributed by atoms with van der Waals surface area (Å²) in [5.41, 5.74) is 7.29. The number of aryl methyl sites for hydroxylation is 2. The van der Waals surface area contributed by atoms with Gasteiger partial charge in [-0.3, -0.25) is 9.59 Å². The zero-order valence-electron chi connectivity index (χ0n) is 13.8. The minimum absolute atomic E-state index is 0.000185. The molecule has 2 rings (SSSR count). The van der Waals surface area contributed by atoms with Crippen LogP contribution in [0.2, 0.25) is 0 Å². The van der Waals surface area contributed by atoms with E-state index in [-0.39, 0.29) is 24.3 Å². The molecule has 7 heteroatoms. The van der Waals surface area contributed by atoms with Crippen LogP contribution in [0.15, 0.2) is 6.07 Å². The van der Waals surface area contributed by atoms with Crippen LogP contribution in [0.1, 0.15) is 42.4 Å². The number of aromatic nitrogens is 2. The van der Waals surface area contributed by atoms with Crippen molar-refractivity contribution in [1.29, 1.82) is 0 Å². The maximum Gasteiger partial charge on any atom is 0.236 e. The number of nitrogens with zero attached hydrogens (tertiary/aromatic N) is 3. The highest BCUT2D eigenvalue weighted by Crippen LogP contribution is 2.26. The standard InChI is InChI=1S/C16H25N5O2/c1-11-19-13(5-6-15(22)18-2)8-14(20-11)12-4-3-7-21(10-12)16(23)9-17/h8,12H,3-7,9-10,17H2,1-2H3,(H,18,22). The summed E-state index contributed by atoms with van der Waals surface area (Å²) < 4.78 is 0. The third-order valence-corrected chi connectivity index (χ3v) is 4.16. The molecule has 1 unspecified atom stereocenters. The van der Waals surface area contributed by atoms with E-state index in [4.69, 9.17) is 5.73 Å². The minimum Gasteiger partial charge on any atom is -0.359 e. The monoisotopic (exact) mass is 319 g/mol. The van der Waals surface area contributed by atoms with Gasteiger partial charge in [-0.05, 0) is 32.3 Å². The number of nitrogens with two attached hydrogens (primary N) is 1. The Morgan fingerprint density at radius 1 is 1.43 bits per heavy atom. The summed E-state index contributed by atoms with van der Waals surface area (Å²) >= 11 is 0. The van der Waals surface area contributed by atoms with Gasteiger partial charge in [-0.2, -0.15) is 0 Å². The van der Waals surface area contributed by atoms with Crippen molar-refractivity contribution in [3.8, 4) is 0 Å². The molecular weight excluding hydrogens is 294 g/mol. The van der Waals surface area contributed by atoms with Gasteiger partial charge in [-0.15, -0.1) is 0 Å². The van der Waals surface area contributed by atoms with Gasteiger partial charge in [0.05, 0.1) is 6.54 Å². The molecule has 0 spiro atoms. The first-order chi connectivity index (χ1) is 11.0. The number of likely N-dealkylation sites (tertiary alicyclic amines) is 1. The topological polar surface area (TPSA) is 101 Å². The summed E-state index contributed by atoms with van der Waals surface area (Å²) in [5, 5.41) is 2.61. The SMILES string of the molecule is CNC(=O)CCc1cc(C2CCCN(C(=O)CN)C2)nc(C)n1. The number of hydrogen-bond acceptors (Lipinski definition) is 5. The maximum atomic E-state index is 11.8. The molecule has 2 amide bonds. The van der Waals surface area contributed by atoms with E-state index in [1.54, 1.807) is 7.05 Å².